The fourth-order valence-corrected chi connectivity index (χ4v) is 3.32. The Labute approximate surface area is 172 Å². The maximum absolute atomic E-state index is 12.7. The predicted molar refractivity (Wildman–Crippen MR) is 113 cm³/mol. The van der Waals surface area contributed by atoms with Gasteiger partial charge in [0, 0.05) is 30.1 Å². The third-order valence-electron chi connectivity index (χ3n) is 3.90. The average Bonchev–Trinajstić information content (AvgIpc) is 3.21. The summed E-state index contributed by atoms with van der Waals surface area (Å²) in [6.45, 7) is 3.50. The van der Waals surface area contributed by atoms with Gasteiger partial charge in [0.1, 0.15) is 36.9 Å². The number of halogens is 1. The summed E-state index contributed by atoms with van der Waals surface area (Å²) in [5.41, 5.74) is 1.84. The lowest BCUT2D eigenvalue weighted by molar-refractivity contribution is 0.0993. The molecule has 2 aromatic heterocycles. The van der Waals surface area contributed by atoms with E-state index in [-0.39, 0.29) is 18.6 Å². The number of thiazole rings is 1. The average molecular weight is 414 g/mol. The van der Waals surface area contributed by atoms with Crippen LogP contribution < -0.4 is 15.0 Å². The van der Waals surface area contributed by atoms with Gasteiger partial charge in [-0.1, -0.05) is 0 Å². The van der Waals surface area contributed by atoms with Crippen LogP contribution in [0.15, 0.2) is 42.0 Å². The SMILES string of the molecule is CC(C)Nc1cc(-c2csc(N(C)C(=O)c3ccc(OCC[18F])cc3)n2)ncn1. The van der Waals surface area contributed by atoms with E-state index in [2.05, 4.69) is 20.3 Å². The third kappa shape index (κ3) is 5.26. The predicted octanol–water partition coefficient (Wildman–Crippen LogP) is 4.05. The van der Waals surface area contributed by atoms with Crippen molar-refractivity contribution in [3.8, 4) is 17.1 Å². The molecular formula is C20H22FN5O2S. The Kier molecular flexibility index (Phi) is 6.71. The van der Waals surface area contributed by atoms with Crippen LogP contribution in [0.4, 0.5) is 15.3 Å². The summed E-state index contributed by atoms with van der Waals surface area (Å²) in [4.78, 5) is 27.3. The molecule has 0 bridgehead atoms. The second-order valence-corrected chi connectivity index (χ2v) is 7.37. The summed E-state index contributed by atoms with van der Waals surface area (Å²) >= 11 is 1.36. The van der Waals surface area contributed by atoms with Crippen molar-refractivity contribution in [3.63, 3.8) is 0 Å². The second-order valence-electron chi connectivity index (χ2n) is 6.53. The topological polar surface area (TPSA) is 80.2 Å². The first-order valence-corrected chi connectivity index (χ1v) is 9.97. The molecule has 29 heavy (non-hydrogen) atoms. The Balaban J connectivity index is 1.73. The first-order chi connectivity index (χ1) is 14.0. The van der Waals surface area contributed by atoms with E-state index in [0.717, 1.165) is 5.82 Å². The van der Waals surface area contributed by atoms with Crippen molar-refractivity contribution in [1.82, 2.24) is 15.0 Å². The van der Waals surface area contributed by atoms with Crippen LogP contribution in [0.2, 0.25) is 0 Å². The van der Waals surface area contributed by atoms with E-state index in [1.54, 1.807) is 31.3 Å². The summed E-state index contributed by atoms with van der Waals surface area (Å²) in [6, 6.07) is 8.67. The lowest BCUT2D eigenvalue weighted by atomic mass is 10.2. The monoisotopic (exact) mass is 414 g/mol. The van der Waals surface area contributed by atoms with E-state index < -0.39 is 6.67 Å². The van der Waals surface area contributed by atoms with Crippen LogP contribution in [0.5, 0.6) is 5.75 Å². The number of hydrogen-bond donors (Lipinski definition) is 1. The van der Waals surface area contributed by atoms with Gasteiger partial charge in [-0.15, -0.1) is 11.3 Å². The Morgan fingerprint density at radius 3 is 2.69 bits per heavy atom. The standard InChI is InChI=1S/C20H22FN5O2S/c1-13(2)24-18-10-16(22-12-23-18)17-11-29-20(25-17)26(3)19(27)14-4-6-15(7-5-14)28-9-8-21/h4-7,10-13H,8-9H2,1-3H3,(H,22,23,24)/i21-1. The highest BCUT2D eigenvalue weighted by molar-refractivity contribution is 7.14. The molecule has 0 saturated heterocycles. The van der Waals surface area contributed by atoms with Gasteiger partial charge in [0.2, 0.25) is 0 Å². The molecule has 0 fully saturated rings. The van der Waals surface area contributed by atoms with Gasteiger partial charge in [0.15, 0.2) is 5.13 Å². The molecule has 3 rings (SSSR count). The molecule has 0 aliphatic rings. The summed E-state index contributed by atoms with van der Waals surface area (Å²) in [5, 5.41) is 5.64. The maximum atomic E-state index is 12.7. The number of hydrogen-bond acceptors (Lipinski definition) is 7. The van der Waals surface area contributed by atoms with Gasteiger partial charge in [-0.25, -0.2) is 19.3 Å². The van der Waals surface area contributed by atoms with E-state index >= 15 is 0 Å². The van der Waals surface area contributed by atoms with Gasteiger partial charge in [-0.2, -0.15) is 0 Å². The van der Waals surface area contributed by atoms with Crippen LogP contribution in [0.25, 0.3) is 11.4 Å². The summed E-state index contributed by atoms with van der Waals surface area (Å²) in [5.74, 6) is 1.04. The van der Waals surface area contributed by atoms with Crippen LogP contribution in [0, 0.1) is 0 Å². The molecule has 0 radical (unpaired) electrons. The molecule has 0 saturated carbocycles. The number of nitrogens with zero attached hydrogens (tertiary/aromatic N) is 4. The van der Waals surface area contributed by atoms with Crippen molar-refractivity contribution in [2.24, 2.45) is 0 Å². The van der Waals surface area contributed by atoms with Gasteiger partial charge >= 0.3 is 0 Å². The molecule has 2 heterocycles. The van der Waals surface area contributed by atoms with Gasteiger partial charge in [0.05, 0.1) is 5.69 Å². The Hall–Kier alpha value is -3.07. The lowest BCUT2D eigenvalue weighted by Crippen LogP contribution is -2.26. The Bertz CT molecular complexity index is 962. The zero-order valence-electron chi connectivity index (χ0n) is 16.4. The normalized spacial score (nSPS) is 10.8. The minimum absolute atomic E-state index is 0.00741. The molecule has 1 amide bonds. The largest absolute Gasteiger partial charge is 0.491 e. The third-order valence-corrected chi connectivity index (χ3v) is 4.81. The first-order valence-electron chi connectivity index (χ1n) is 9.09. The van der Waals surface area contributed by atoms with Crippen LogP contribution >= 0.6 is 11.3 Å². The van der Waals surface area contributed by atoms with Crippen molar-refractivity contribution >= 4 is 28.2 Å². The number of anilines is 2. The lowest BCUT2D eigenvalue weighted by Gasteiger charge is -2.14. The highest BCUT2D eigenvalue weighted by Crippen LogP contribution is 2.27. The summed E-state index contributed by atoms with van der Waals surface area (Å²) in [7, 11) is 1.67. The number of nitrogens with one attached hydrogen (secondary N) is 1. The highest BCUT2D eigenvalue weighted by Gasteiger charge is 2.18. The van der Waals surface area contributed by atoms with Crippen molar-refractivity contribution in [3.05, 3.63) is 47.6 Å². The van der Waals surface area contributed by atoms with E-state index in [9.17, 15) is 9.18 Å². The molecule has 1 N–H and O–H groups in total. The summed E-state index contributed by atoms with van der Waals surface area (Å²) < 4.78 is 17.4. The molecule has 0 spiro atoms. The van der Waals surface area contributed by atoms with Crippen molar-refractivity contribution in [2.45, 2.75) is 19.9 Å². The maximum Gasteiger partial charge on any atom is 0.259 e. The van der Waals surface area contributed by atoms with E-state index in [4.69, 9.17) is 4.74 Å². The van der Waals surface area contributed by atoms with Crippen molar-refractivity contribution in [2.75, 3.05) is 30.5 Å². The minimum Gasteiger partial charge on any atom is -0.491 e. The van der Waals surface area contributed by atoms with Crippen molar-refractivity contribution < 1.29 is 13.9 Å². The van der Waals surface area contributed by atoms with Crippen molar-refractivity contribution in [1.29, 1.82) is 0 Å². The number of alkyl halides is 1. The van der Waals surface area contributed by atoms with Gasteiger partial charge in [-0.05, 0) is 38.1 Å². The number of carbonyl (C=O) groups is 1. The zero-order chi connectivity index (χ0) is 20.8. The van der Waals surface area contributed by atoms with Gasteiger partial charge in [0.25, 0.3) is 5.91 Å². The van der Waals surface area contributed by atoms with E-state index in [0.29, 0.717) is 27.8 Å². The molecule has 1 aromatic carbocycles. The fourth-order valence-electron chi connectivity index (χ4n) is 2.54. The first kappa shape index (κ1) is 20.7. The van der Waals surface area contributed by atoms with Crippen LogP contribution in [0.3, 0.4) is 0 Å². The number of ether oxygens (including phenoxy) is 1. The molecule has 3 aromatic rings. The molecule has 0 atom stereocenters. The minimum atomic E-state index is -0.558. The van der Waals surface area contributed by atoms with Crippen LogP contribution in [-0.2, 0) is 0 Å². The summed E-state index contributed by atoms with van der Waals surface area (Å²) in [6.07, 6.45) is 1.49. The van der Waals surface area contributed by atoms with Gasteiger partial charge in [-0.3, -0.25) is 9.69 Å². The van der Waals surface area contributed by atoms with Crippen LogP contribution in [0.1, 0.15) is 24.2 Å². The molecule has 0 unspecified atom stereocenters. The zero-order valence-corrected chi connectivity index (χ0v) is 17.2. The molecule has 152 valence electrons. The molecule has 9 heteroatoms. The quantitative estimate of drug-likeness (QED) is 0.599. The van der Waals surface area contributed by atoms with E-state index in [1.807, 2.05) is 25.3 Å². The molecule has 0 aliphatic heterocycles. The number of rotatable bonds is 8. The second kappa shape index (κ2) is 9.42. The number of amides is 1. The smallest absolute Gasteiger partial charge is 0.259 e. The number of aromatic nitrogens is 3. The van der Waals surface area contributed by atoms with Gasteiger partial charge < -0.3 is 10.1 Å². The molecule has 0 aliphatic carbocycles. The highest BCUT2D eigenvalue weighted by atomic mass is 32.1. The number of benzene rings is 1. The Morgan fingerprint density at radius 1 is 1.24 bits per heavy atom. The van der Waals surface area contributed by atoms with Crippen LogP contribution in [-0.4, -0.2) is 47.2 Å². The molecule has 7 nitrogen and oxygen atoms in total. The Morgan fingerprint density at radius 2 is 2.00 bits per heavy atom. The molecular weight excluding hydrogens is 392 g/mol. The van der Waals surface area contributed by atoms with E-state index in [1.165, 1.54) is 22.6 Å². The fraction of sp³-hybridized carbons (Fsp3) is 0.300. The number of carbonyl (C=O) groups excluding carboxylic acids is 1.